The molecule has 0 aromatic carbocycles. The van der Waals surface area contributed by atoms with E-state index in [0.29, 0.717) is 0 Å². The molecule has 3 rings (SSSR count). The Hall–Kier alpha value is -2.04. The number of fused-ring (bicyclic) bond motifs is 1. The van der Waals surface area contributed by atoms with Crippen LogP contribution in [0.25, 0.3) is 11.3 Å². The summed E-state index contributed by atoms with van der Waals surface area (Å²) in [5, 5.41) is 10.7. The first kappa shape index (κ1) is 9.21. The Morgan fingerprint density at radius 1 is 1.25 bits per heavy atom. The van der Waals surface area contributed by atoms with E-state index in [0.717, 1.165) is 35.9 Å². The molecule has 0 bridgehead atoms. The quantitative estimate of drug-likeness (QED) is 0.753. The molecule has 0 atom stereocenters. The van der Waals surface area contributed by atoms with E-state index in [1.54, 1.807) is 4.68 Å². The zero-order chi connectivity index (χ0) is 11.0. The van der Waals surface area contributed by atoms with Gasteiger partial charge in [0, 0.05) is 31.9 Å². The first-order valence-corrected chi connectivity index (χ1v) is 5.31. The molecule has 0 fully saturated rings. The van der Waals surface area contributed by atoms with Crippen molar-refractivity contribution in [3.05, 3.63) is 24.5 Å². The van der Waals surface area contributed by atoms with Gasteiger partial charge >= 0.3 is 0 Å². The van der Waals surface area contributed by atoms with Gasteiger partial charge in [0.2, 0.25) is 0 Å². The van der Waals surface area contributed by atoms with Gasteiger partial charge in [0.25, 0.3) is 0 Å². The van der Waals surface area contributed by atoms with E-state index >= 15 is 0 Å². The minimum Gasteiger partial charge on any atom is -0.380 e. The van der Waals surface area contributed by atoms with E-state index in [1.165, 1.54) is 0 Å². The van der Waals surface area contributed by atoms with E-state index in [2.05, 4.69) is 26.8 Å². The Kier molecular flexibility index (Phi) is 2.02. The fraction of sp³-hybridized carbons (Fsp3) is 0.273. The fourth-order valence-electron chi connectivity index (χ4n) is 1.83. The van der Waals surface area contributed by atoms with Crippen molar-refractivity contribution in [2.45, 2.75) is 0 Å². The molecule has 5 heteroatoms. The van der Waals surface area contributed by atoms with Crippen LogP contribution in [0.2, 0.25) is 0 Å². The Morgan fingerprint density at radius 2 is 2.12 bits per heavy atom. The van der Waals surface area contributed by atoms with Crippen molar-refractivity contribution < 1.29 is 0 Å². The third kappa shape index (κ3) is 1.50. The number of hydrogen-bond acceptors (Lipinski definition) is 4. The molecule has 5 nitrogen and oxygen atoms in total. The maximum Gasteiger partial charge on any atom is 0.150 e. The molecule has 0 unspecified atom stereocenters. The maximum atomic E-state index is 4.57. The molecule has 3 heterocycles. The molecule has 0 saturated heterocycles. The van der Waals surface area contributed by atoms with Crippen LogP contribution in [-0.4, -0.2) is 27.9 Å². The molecule has 0 aliphatic carbocycles. The van der Waals surface area contributed by atoms with Crippen molar-refractivity contribution >= 4 is 11.5 Å². The van der Waals surface area contributed by atoms with Crippen molar-refractivity contribution in [2.24, 2.45) is 7.05 Å². The number of rotatable bonds is 1. The number of aryl methyl sites for hydroxylation is 1. The summed E-state index contributed by atoms with van der Waals surface area (Å²) in [6.07, 6.45) is 3.79. The van der Waals surface area contributed by atoms with E-state index in [4.69, 9.17) is 0 Å². The minimum absolute atomic E-state index is 0.913. The number of nitrogens with one attached hydrogen (secondary N) is 2. The Morgan fingerprint density at radius 3 is 2.94 bits per heavy atom. The molecule has 82 valence electrons. The van der Waals surface area contributed by atoms with Gasteiger partial charge in [-0.05, 0) is 12.1 Å². The van der Waals surface area contributed by atoms with Crippen LogP contribution in [0.4, 0.5) is 11.5 Å². The van der Waals surface area contributed by atoms with Crippen LogP contribution in [0.5, 0.6) is 0 Å². The van der Waals surface area contributed by atoms with E-state index in [-0.39, 0.29) is 0 Å². The molecule has 2 aromatic heterocycles. The van der Waals surface area contributed by atoms with Crippen LogP contribution in [0.1, 0.15) is 0 Å². The van der Waals surface area contributed by atoms with E-state index in [1.807, 2.05) is 25.5 Å². The van der Waals surface area contributed by atoms with Crippen molar-refractivity contribution in [3.8, 4) is 11.3 Å². The second-order valence-electron chi connectivity index (χ2n) is 3.85. The predicted octanol–water partition coefficient (Wildman–Crippen LogP) is 1.32. The van der Waals surface area contributed by atoms with Gasteiger partial charge in [-0.2, -0.15) is 5.10 Å². The highest BCUT2D eigenvalue weighted by atomic mass is 15.2. The van der Waals surface area contributed by atoms with Gasteiger partial charge in [0.1, 0.15) is 5.82 Å². The van der Waals surface area contributed by atoms with Crippen molar-refractivity contribution in [2.75, 3.05) is 23.7 Å². The summed E-state index contributed by atoms with van der Waals surface area (Å²) < 4.78 is 1.78. The SMILES string of the molecule is Cn1cc(-c2ccc3c(n2)NCCN3)cn1. The molecule has 2 aromatic rings. The summed E-state index contributed by atoms with van der Waals surface area (Å²) in [6.45, 7) is 1.86. The molecule has 1 aliphatic rings. The number of aromatic nitrogens is 3. The van der Waals surface area contributed by atoms with Gasteiger partial charge in [0.15, 0.2) is 0 Å². The van der Waals surface area contributed by atoms with Crippen LogP contribution in [0.3, 0.4) is 0 Å². The lowest BCUT2D eigenvalue weighted by Gasteiger charge is -2.19. The zero-order valence-electron chi connectivity index (χ0n) is 9.07. The number of anilines is 2. The average molecular weight is 215 g/mol. The van der Waals surface area contributed by atoms with Crippen molar-refractivity contribution in [3.63, 3.8) is 0 Å². The standard InChI is InChI=1S/C11H13N5/c1-16-7-8(6-14-16)9-2-3-10-11(15-9)13-5-4-12-10/h2-3,6-7,12H,4-5H2,1H3,(H,13,15). The van der Waals surface area contributed by atoms with E-state index < -0.39 is 0 Å². The van der Waals surface area contributed by atoms with Gasteiger partial charge in [0.05, 0.1) is 17.6 Å². The predicted molar refractivity (Wildman–Crippen MR) is 63.4 cm³/mol. The van der Waals surface area contributed by atoms with Gasteiger partial charge in [-0.15, -0.1) is 0 Å². The second kappa shape index (κ2) is 3.52. The average Bonchev–Trinajstić information content (AvgIpc) is 2.75. The highest BCUT2D eigenvalue weighted by Gasteiger charge is 2.10. The van der Waals surface area contributed by atoms with Crippen LogP contribution < -0.4 is 10.6 Å². The lowest BCUT2D eigenvalue weighted by Crippen LogP contribution is -2.21. The molecule has 1 aliphatic heterocycles. The lowest BCUT2D eigenvalue weighted by molar-refractivity contribution is 0.768. The lowest BCUT2D eigenvalue weighted by atomic mass is 10.2. The topological polar surface area (TPSA) is 54.8 Å². The molecule has 0 spiro atoms. The van der Waals surface area contributed by atoms with Crippen molar-refractivity contribution in [1.29, 1.82) is 0 Å². The summed E-state index contributed by atoms with van der Waals surface area (Å²) >= 11 is 0. The smallest absolute Gasteiger partial charge is 0.150 e. The van der Waals surface area contributed by atoms with Gasteiger partial charge in [-0.3, -0.25) is 4.68 Å². The molecular weight excluding hydrogens is 202 g/mol. The molecule has 0 amide bonds. The summed E-state index contributed by atoms with van der Waals surface area (Å²) in [5.74, 6) is 0.924. The molecule has 0 saturated carbocycles. The van der Waals surface area contributed by atoms with Gasteiger partial charge in [-0.25, -0.2) is 4.98 Å². The normalized spacial score (nSPS) is 13.8. The summed E-state index contributed by atoms with van der Waals surface area (Å²) in [4.78, 5) is 4.57. The third-order valence-electron chi connectivity index (χ3n) is 2.63. The molecular formula is C11H13N5. The van der Waals surface area contributed by atoms with Gasteiger partial charge < -0.3 is 10.6 Å². The van der Waals surface area contributed by atoms with E-state index in [9.17, 15) is 0 Å². The zero-order valence-corrected chi connectivity index (χ0v) is 9.07. The Bertz CT molecular complexity index is 517. The number of pyridine rings is 1. The molecule has 2 N–H and O–H groups in total. The maximum absolute atomic E-state index is 4.57. The molecule has 0 radical (unpaired) electrons. The Balaban J connectivity index is 2.02. The second-order valence-corrected chi connectivity index (χ2v) is 3.85. The highest BCUT2D eigenvalue weighted by molar-refractivity contribution is 5.71. The van der Waals surface area contributed by atoms with Crippen LogP contribution in [-0.2, 0) is 7.05 Å². The molecule has 16 heavy (non-hydrogen) atoms. The van der Waals surface area contributed by atoms with Gasteiger partial charge in [-0.1, -0.05) is 0 Å². The Labute approximate surface area is 93.5 Å². The largest absolute Gasteiger partial charge is 0.380 e. The van der Waals surface area contributed by atoms with Crippen LogP contribution in [0, 0.1) is 0 Å². The summed E-state index contributed by atoms with van der Waals surface area (Å²) in [5.41, 5.74) is 3.06. The monoisotopic (exact) mass is 215 g/mol. The first-order chi connectivity index (χ1) is 7.83. The van der Waals surface area contributed by atoms with Crippen molar-refractivity contribution in [1.82, 2.24) is 14.8 Å². The number of nitrogens with zero attached hydrogens (tertiary/aromatic N) is 3. The summed E-state index contributed by atoms with van der Waals surface area (Å²) in [7, 11) is 1.90. The highest BCUT2D eigenvalue weighted by Crippen LogP contribution is 2.26. The fourth-order valence-corrected chi connectivity index (χ4v) is 1.83. The summed E-state index contributed by atoms with van der Waals surface area (Å²) in [6, 6.07) is 4.06. The minimum atomic E-state index is 0.913. The number of hydrogen-bond donors (Lipinski definition) is 2. The first-order valence-electron chi connectivity index (χ1n) is 5.31. The van der Waals surface area contributed by atoms with Crippen LogP contribution in [0.15, 0.2) is 24.5 Å². The third-order valence-corrected chi connectivity index (χ3v) is 2.63. The van der Waals surface area contributed by atoms with Crippen LogP contribution >= 0.6 is 0 Å².